The van der Waals surface area contributed by atoms with E-state index >= 15 is 0 Å². The summed E-state index contributed by atoms with van der Waals surface area (Å²) in [6, 6.07) is 1.48. The summed E-state index contributed by atoms with van der Waals surface area (Å²) in [5.74, 6) is 0.601. The van der Waals surface area contributed by atoms with E-state index in [0.29, 0.717) is 18.8 Å². The van der Waals surface area contributed by atoms with Crippen LogP contribution in [0.1, 0.15) is 18.8 Å². The molecule has 2 aromatic heterocycles. The van der Waals surface area contributed by atoms with Gasteiger partial charge in [-0.3, -0.25) is 9.48 Å². The van der Waals surface area contributed by atoms with E-state index in [9.17, 15) is 4.79 Å². The van der Waals surface area contributed by atoms with Crippen molar-refractivity contribution >= 4 is 5.91 Å². The lowest BCUT2D eigenvalue weighted by Crippen LogP contribution is -2.34. The summed E-state index contributed by atoms with van der Waals surface area (Å²) in [6.07, 6.45) is 5.28. The van der Waals surface area contributed by atoms with Gasteiger partial charge >= 0.3 is 0 Å². The van der Waals surface area contributed by atoms with Crippen molar-refractivity contribution in [3.05, 3.63) is 30.7 Å². The molecule has 0 saturated carbocycles. The van der Waals surface area contributed by atoms with Gasteiger partial charge in [-0.25, -0.2) is 0 Å². The van der Waals surface area contributed by atoms with Crippen LogP contribution >= 0.6 is 0 Å². The van der Waals surface area contributed by atoms with E-state index in [4.69, 9.17) is 0 Å². The fraction of sp³-hybridized carbons (Fsp3) is 0.455. The van der Waals surface area contributed by atoms with Crippen molar-refractivity contribution in [3.8, 4) is 0 Å². The van der Waals surface area contributed by atoms with Crippen LogP contribution in [0, 0.1) is 0 Å². The summed E-state index contributed by atoms with van der Waals surface area (Å²) in [5.41, 5.74) is 0. The molecule has 0 bridgehead atoms. The first-order valence-electron chi connectivity index (χ1n) is 5.68. The van der Waals surface area contributed by atoms with Crippen molar-refractivity contribution in [2.24, 2.45) is 0 Å². The molecule has 0 spiro atoms. The molecular weight excluding hydrogens is 234 g/mol. The second kappa shape index (κ2) is 5.44. The van der Waals surface area contributed by atoms with Gasteiger partial charge in [0.25, 0.3) is 0 Å². The summed E-state index contributed by atoms with van der Waals surface area (Å²) in [6.45, 7) is 2.37. The van der Waals surface area contributed by atoms with Crippen LogP contribution in [-0.2, 0) is 11.2 Å². The predicted molar refractivity (Wildman–Crippen MR) is 62.6 cm³/mol. The molecule has 2 rings (SSSR count). The largest absolute Gasteiger partial charge is 0.343 e. The molecule has 1 amide bonds. The third kappa shape index (κ3) is 2.73. The highest BCUT2D eigenvalue weighted by molar-refractivity contribution is 5.79. The van der Waals surface area contributed by atoms with Crippen molar-refractivity contribution in [1.29, 1.82) is 0 Å². The first-order chi connectivity index (χ1) is 8.68. The van der Waals surface area contributed by atoms with Crippen molar-refractivity contribution in [2.45, 2.75) is 19.4 Å². The van der Waals surface area contributed by atoms with E-state index in [1.807, 2.05) is 6.92 Å². The van der Waals surface area contributed by atoms with Crippen LogP contribution in [0.15, 0.2) is 29.4 Å². The minimum Gasteiger partial charge on any atom is -0.343 e. The lowest BCUT2D eigenvalue weighted by atomic mass is 10.3. The summed E-state index contributed by atoms with van der Waals surface area (Å²) >= 11 is 0. The Bertz CT molecular complexity index is 480. The zero-order valence-electron chi connectivity index (χ0n) is 10.4. The van der Waals surface area contributed by atoms with E-state index in [-0.39, 0.29) is 11.9 Å². The number of carbonyl (C=O) groups is 1. The van der Waals surface area contributed by atoms with Gasteiger partial charge in [0.05, 0.1) is 0 Å². The van der Waals surface area contributed by atoms with Crippen molar-refractivity contribution in [3.63, 3.8) is 0 Å². The maximum atomic E-state index is 12.1. The minimum absolute atomic E-state index is 0.00203. The Balaban J connectivity index is 1.88. The summed E-state index contributed by atoms with van der Waals surface area (Å²) in [7, 11) is 1.75. The number of hydrogen-bond donors (Lipinski definition) is 0. The molecule has 0 N–H and O–H groups in total. The van der Waals surface area contributed by atoms with Crippen LogP contribution in [0.3, 0.4) is 0 Å². The van der Waals surface area contributed by atoms with Gasteiger partial charge in [0.15, 0.2) is 5.82 Å². The highest BCUT2D eigenvalue weighted by Crippen LogP contribution is 2.07. The van der Waals surface area contributed by atoms with Crippen molar-refractivity contribution in [1.82, 2.24) is 24.8 Å². The predicted octanol–water partition coefficient (Wildman–Crippen LogP) is 0.528. The lowest BCUT2D eigenvalue weighted by Gasteiger charge is -2.20. The fourth-order valence-corrected chi connectivity index (χ4v) is 1.62. The molecule has 0 aromatic carbocycles. The molecule has 0 radical (unpaired) electrons. The smallest absolute Gasteiger partial charge is 0.246 e. The van der Waals surface area contributed by atoms with E-state index in [1.54, 1.807) is 35.1 Å². The summed E-state index contributed by atoms with van der Waals surface area (Å²) in [4.78, 5) is 17.7. The zero-order valence-corrected chi connectivity index (χ0v) is 10.4. The number of likely N-dealkylation sites (N-methyl/N-ethyl adjacent to an activating group) is 1. The topological polar surface area (TPSA) is 77.0 Å². The molecule has 0 aliphatic rings. The highest BCUT2D eigenvalue weighted by Gasteiger charge is 2.19. The number of nitrogens with zero attached hydrogens (tertiary/aromatic N) is 5. The normalized spacial score (nSPS) is 12.3. The Morgan fingerprint density at radius 1 is 1.61 bits per heavy atom. The number of rotatable bonds is 5. The summed E-state index contributed by atoms with van der Waals surface area (Å²) in [5, 5.41) is 7.76. The third-order valence-corrected chi connectivity index (χ3v) is 2.73. The number of hydrogen-bond acceptors (Lipinski definition) is 5. The fourth-order valence-electron chi connectivity index (χ4n) is 1.62. The van der Waals surface area contributed by atoms with Crippen molar-refractivity contribution in [2.75, 3.05) is 13.6 Å². The Hall–Kier alpha value is -2.18. The van der Waals surface area contributed by atoms with Gasteiger partial charge in [0.1, 0.15) is 6.04 Å². The number of carbonyl (C=O) groups excluding carboxylic acids is 1. The molecule has 7 heteroatoms. The molecule has 0 fully saturated rings. The van der Waals surface area contributed by atoms with Crippen LogP contribution < -0.4 is 0 Å². The second-order valence-electron chi connectivity index (χ2n) is 4.02. The molecule has 96 valence electrons. The molecular formula is C11H15N5O2. The highest BCUT2D eigenvalue weighted by atomic mass is 16.5. The van der Waals surface area contributed by atoms with E-state index in [0.717, 1.165) is 0 Å². The van der Waals surface area contributed by atoms with Crippen LogP contribution in [0.2, 0.25) is 0 Å². The number of aromatic nitrogens is 4. The molecule has 0 aliphatic heterocycles. The molecule has 2 heterocycles. The Morgan fingerprint density at radius 3 is 3.06 bits per heavy atom. The minimum atomic E-state index is -0.310. The van der Waals surface area contributed by atoms with Gasteiger partial charge in [-0.05, 0) is 13.0 Å². The van der Waals surface area contributed by atoms with Crippen molar-refractivity contribution < 1.29 is 9.32 Å². The van der Waals surface area contributed by atoms with Gasteiger partial charge in [-0.15, -0.1) is 0 Å². The van der Waals surface area contributed by atoms with E-state index in [2.05, 4.69) is 19.8 Å². The molecule has 18 heavy (non-hydrogen) atoms. The average Bonchev–Trinajstić information content (AvgIpc) is 3.06. The van der Waals surface area contributed by atoms with Gasteiger partial charge in [0, 0.05) is 32.4 Å². The third-order valence-electron chi connectivity index (χ3n) is 2.73. The second-order valence-corrected chi connectivity index (χ2v) is 4.02. The molecule has 0 unspecified atom stereocenters. The maximum absolute atomic E-state index is 12.1. The summed E-state index contributed by atoms with van der Waals surface area (Å²) < 4.78 is 6.27. The maximum Gasteiger partial charge on any atom is 0.246 e. The quantitative estimate of drug-likeness (QED) is 0.772. The van der Waals surface area contributed by atoms with Crippen LogP contribution in [0.5, 0.6) is 0 Å². The molecule has 0 aliphatic carbocycles. The SMILES string of the molecule is C[C@@H](C(=O)N(C)CCc1ncon1)n1cccn1. The Kier molecular flexibility index (Phi) is 3.71. The van der Waals surface area contributed by atoms with E-state index in [1.165, 1.54) is 6.39 Å². The molecule has 7 nitrogen and oxygen atoms in total. The average molecular weight is 249 g/mol. The number of amides is 1. The van der Waals surface area contributed by atoms with Gasteiger partial charge in [0.2, 0.25) is 12.3 Å². The van der Waals surface area contributed by atoms with Gasteiger partial charge in [-0.1, -0.05) is 5.16 Å². The lowest BCUT2D eigenvalue weighted by molar-refractivity contribution is -0.133. The van der Waals surface area contributed by atoms with Crippen LogP contribution in [0.4, 0.5) is 0 Å². The monoisotopic (exact) mass is 249 g/mol. The standard InChI is InChI=1S/C11H15N5O2/c1-9(16-6-3-5-13-16)11(17)15(2)7-4-10-12-8-18-14-10/h3,5-6,8-9H,4,7H2,1-2H3/t9-/m0/s1. The van der Waals surface area contributed by atoms with Gasteiger partial charge in [-0.2, -0.15) is 10.1 Å². The van der Waals surface area contributed by atoms with Crippen LogP contribution in [-0.4, -0.2) is 44.3 Å². The Labute approximate surface area is 104 Å². The molecule has 2 aromatic rings. The Morgan fingerprint density at radius 2 is 2.44 bits per heavy atom. The molecule has 1 atom stereocenters. The van der Waals surface area contributed by atoms with Gasteiger partial charge < -0.3 is 9.42 Å². The first-order valence-corrected chi connectivity index (χ1v) is 5.68. The first kappa shape index (κ1) is 12.3. The zero-order chi connectivity index (χ0) is 13.0. The molecule has 0 saturated heterocycles. The van der Waals surface area contributed by atoms with Crippen LogP contribution in [0.25, 0.3) is 0 Å². The van der Waals surface area contributed by atoms with E-state index < -0.39 is 0 Å².